The fraction of sp³-hybridized carbons (Fsp3) is 0.529. The number of rotatable bonds is 3. The van der Waals surface area contributed by atoms with Crippen molar-refractivity contribution in [2.75, 3.05) is 0 Å². The molecule has 108 valence electrons. The first-order valence-corrected chi connectivity index (χ1v) is 8.75. The Morgan fingerprint density at radius 3 is 2.45 bits per heavy atom. The van der Waals surface area contributed by atoms with E-state index < -0.39 is 14.6 Å². The van der Waals surface area contributed by atoms with Crippen LogP contribution in [-0.2, 0) is 9.84 Å². The molecule has 3 rings (SSSR count). The Kier molecular flexibility index (Phi) is 2.91. The predicted molar refractivity (Wildman–Crippen MR) is 81.3 cm³/mol. The van der Waals surface area contributed by atoms with Crippen LogP contribution in [0, 0.1) is 24.7 Å². The highest BCUT2D eigenvalue weighted by Crippen LogP contribution is 2.69. The molecule has 0 bridgehead atoms. The molecule has 2 aliphatic rings. The van der Waals surface area contributed by atoms with Gasteiger partial charge >= 0.3 is 0 Å². The van der Waals surface area contributed by atoms with Crippen molar-refractivity contribution in [1.29, 1.82) is 0 Å². The van der Waals surface area contributed by atoms with Crippen LogP contribution in [0.15, 0.2) is 41.3 Å². The predicted octanol–water partition coefficient (Wildman–Crippen LogP) is 3.76. The summed E-state index contributed by atoms with van der Waals surface area (Å²) >= 11 is 0. The fourth-order valence-corrected chi connectivity index (χ4v) is 6.71. The number of benzene rings is 1. The van der Waals surface area contributed by atoms with E-state index in [9.17, 15) is 8.42 Å². The molecular formula is C17H22O2S. The molecule has 0 amide bonds. The lowest BCUT2D eigenvalue weighted by Crippen LogP contribution is -2.26. The highest BCUT2D eigenvalue weighted by atomic mass is 32.2. The van der Waals surface area contributed by atoms with Crippen LogP contribution in [0.4, 0.5) is 0 Å². The van der Waals surface area contributed by atoms with Gasteiger partial charge in [0, 0.05) is 0 Å². The SMILES string of the molecule is C=C(C)[C@H]1C[C@@H]2[C@H](C)[C@]2(S(=O)(=O)c2ccc(C)cc2)C1. The van der Waals surface area contributed by atoms with Crippen molar-refractivity contribution in [1.82, 2.24) is 0 Å². The Hall–Kier alpha value is -1.09. The number of fused-ring (bicyclic) bond motifs is 1. The van der Waals surface area contributed by atoms with Crippen LogP contribution < -0.4 is 0 Å². The summed E-state index contributed by atoms with van der Waals surface area (Å²) in [6.45, 7) is 10.1. The molecule has 1 aromatic rings. The summed E-state index contributed by atoms with van der Waals surface area (Å²) in [5.74, 6) is 0.969. The van der Waals surface area contributed by atoms with Gasteiger partial charge in [0.2, 0.25) is 0 Å². The number of hydrogen-bond acceptors (Lipinski definition) is 2. The van der Waals surface area contributed by atoms with Crippen molar-refractivity contribution in [2.45, 2.75) is 43.3 Å². The molecule has 4 atom stereocenters. The van der Waals surface area contributed by atoms with E-state index in [0.717, 1.165) is 24.0 Å². The molecule has 0 spiro atoms. The number of aryl methyl sites for hydroxylation is 1. The zero-order chi connectivity index (χ0) is 14.7. The van der Waals surface area contributed by atoms with Gasteiger partial charge in [0.05, 0.1) is 9.64 Å². The number of allylic oxidation sites excluding steroid dienone is 1. The van der Waals surface area contributed by atoms with Gasteiger partial charge in [-0.25, -0.2) is 8.42 Å². The Morgan fingerprint density at radius 2 is 1.90 bits per heavy atom. The third-order valence-corrected chi connectivity index (χ3v) is 8.26. The van der Waals surface area contributed by atoms with Crippen molar-refractivity contribution in [3.05, 3.63) is 42.0 Å². The Balaban J connectivity index is 2.00. The van der Waals surface area contributed by atoms with E-state index in [1.807, 2.05) is 26.0 Å². The van der Waals surface area contributed by atoms with Crippen molar-refractivity contribution in [3.8, 4) is 0 Å². The molecule has 3 heteroatoms. The molecule has 2 fully saturated rings. The minimum Gasteiger partial charge on any atom is -0.223 e. The van der Waals surface area contributed by atoms with Gasteiger partial charge in [-0.1, -0.05) is 36.8 Å². The first-order valence-electron chi connectivity index (χ1n) is 7.27. The fourth-order valence-electron chi connectivity index (χ4n) is 4.07. The summed E-state index contributed by atoms with van der Waals surface area (Å²) < 4.78 is 25.6. The summed E-state index contributed by atoms with van der Waals surface area (Å²) in [4.78, 5) is 0.486. The van der Waals surface area contributed by atoms with Crippen molar-refractivity contribution in [3.63, 3.8) is 0 Å². The Morgan fingerprint density at radius 1 is 1.30 bits per heavy atom. The second kappa shape index (κ2) is 4.20. The van der Waals surface area contributed by atoms with Crippen LogP contribution in [0.1, 0.15) is 32.3 Å². The smallest absolute Gasteiger partial charge is 0.184 e. The molecule has 1 aromatic carbocycles. The average molecular weight is 290 g/mol. The summed E-state index contributed by atoms with van der Waals surface area (Å²) in [6, 6.07) is 7.29. The first kappa shape index (κ1) is 13.9. The molecule has 2 aliphatic carbocycles. The molecule has 0 heterocycles. The van der Waals surface area contributed by atoms with Gasteiger partial charge in [-0.3, -0.25) is 0 Å². The van der Waals surface area contributed by atoms with Gasteiger partial charge in [-0.2, -0.15) is 0 Å². The maximum atomic E-state index is 13.1. The first-order chi connectivity index (χ1) is 9.30. The molecule has 0 saturated heterocycles. The van der Waals surface area contributed by atoms with E-state index in [0.29, 0.717) is 16.7 Å². The average Bonchev–Trinajstić information content (AvgIpc) is 2.80. The van der Waals surface area contributed by atoms with E-state index in [-0.39, 0.29) is 5.92 Å². The summed E-state index contributed by atoms with van der Waals surface area (Å²) in [7, 11) is -3.24. The van der Waals surface area contributed by atoms with Crippen molar-refractivity contribution >= 4 is 9.84 Å². The molecule has 2 nitrogen and oxygen atoms in total. The largest absolute Gasteiger partial charge is 0.223 e. The maximum Gasteiger partial charge on any atom is 0.184 e. The van der Waals surface area contributed by atoms with E-state index in [2.05, 4.69) is 13.5 Å². The zero-order valence-electron chi connectivity index (χ0n) is 12.4. The van der Waals surface area contributed by atoms with Gasteiger partial charge < -0.3 is 0 Å². The molecule has 2 saturated carbocycles. The molecule has 0 aromatic heterocycles. The van der Waals surface area contributed by atoms with Gasteiger partial charge in [0.25, 0.3) is 0 Å². The van der Waals surface area contributed by atoms with Gasteiger partial charge in [0.1, 0.15) is 0 Å². The third kappa shape index (κ3) is 1.65. The zero-order valence-corrected chi connectivity index (χ0v) is 13.2. The van der Waals surface area contributed by atoms with Crippen LogP contribution in [0.2, 0.25) is 0 Å². The molecule has 0 radical (unpaired) electrons. The number of sulfone groups is 1. The third-order valence-electron chi connectivity index (χ3n) is 5.53. The van der Waals surface area contributed by atoms with Crippen LogP contribution in [-0.4, -0.2) is 13.2 Å². The van der Waals surface area contributed by atoms with E-state index in [4.69, 9.17) is 0 Å². The topological polar surface area (TPSA) is 34.1 Å². The highest BCUT2D eigenvalue weighted by Gasteiger charge is 2.73. The van der Waals surface area contributed by atoms with Crippen molar-refractivity contribution in [2.24, 2.45) is 17.8 Å². The summed E-state index contributed by atoms with van der Waals surface area (Å²) in [5.41, 5.74) is 2.22. The quantitative estimate of drug-likeness (QED) is 0.794. The van der Waals surface area contributed by atoms with Crippen LogP contribution >= 0.6 is 0 Å². The minimum absolute atomic E-state index is 0.282. The lowest BCUT2D eigenvalue weighted by molar-refractivity contribution is 0.503. The van der Waals surface area contributed by atoms with Gasteiger partial charge in [-0.05, 0) is 56.6 Å². The summed E-state index contributed by atoms with van der Waals surface area (Å²) in [6.07, 6.45) is 1.74. The summed E-state index contributed by atoms with van der Waals surface area (Å²) in [5, 5.41) is 0. The Bertz CT molecular complexity index is 657. The van der Waals surface area contributed by atoms with E-state index in [1.54, 1.807) is 12.1 Å². The van der Waals surface area contributed by atoms with Crippen LogP contribution in [0.3, 0.4) is 0 Å². The molecule has 20 heavy (non-hydrogen) atoms. The van der Waals surface area contributed by atoms with Gasteiger partial charge in [-0.15, -0.1) is 0 Å². The lowest BCUT2D eigenvalue weighted by Gasteiger charge is -2.19. The Labute approximate surface area is 121 Å². The lowest BCUT2D eigenvalue weighted by atomic mass is 9.94. The second-order valence-corrected chi connectivity index (χ2v) is 8.89. The van der Waals surface area contributed by atoms with Crippen LogP contribution in [0.25, 0.3) is 0 Å². The molecular weight excluding hydrogens is 268 g/mol. The number of hydrogen-bond donors (Lipinski definition) is 0. The van der Waals surface area contributed by atoms with Gasteiger partial charge in [0.15, 0.2) is 9.84 Å². The molecule has 0 N–H and O–H groups in total. The highest BCUT2D eigenvalue weighted by molar-refractivity contribution is 7.93. The maximum absolute atomic E-state index is 13.1. The second-order valence-electron chi connectivity index (χ2n) is 6.65. The van der Waals surface area contributed by atoms with Crippen LogP contribution in [0.5, 0.6) is 0 Å². The van der Waals surface area contributed by atoms with E-state index in [1.165, 1.54) is 0 Å². The van der Waals surface area contributed by atoms with E-state index >= 15 is 0 Å². The standard InChI is InChI=1S/C17H22O2S/c1-11(2)14-9-16-13(4)17(16,10-14)20(18,19)15-7-5-12(3)6-8-15/h5-8,13-14,16H,1,9-10H2,2-4H3/t13-,14-,16+,17+/m0/s1. The molecule has 0 aliphatic heterocycles. The minimum atomic E-state index is -3.24. The monoisotopic (exact) mass is 290 g/mol. The normalized spacial score (nSPS) is 35.6. The van der Waals surface area contributed by atoms with Crippen molar-refractivity contribution < 1.29 is 8.42 Å². The molecule has 0 unspecified atom stereocenters.